The predicted molar refractivity (Wildman–Crippen MR) is 66.3 cm³/mol. The summed E-state index contributed by atoms with van der Waals surface area (Å²) >= 11 is 0. The second-order valence-electron chi connectivity index (χ2n) is 6.24. The highest BCUT2D eigenvalue weighted by atomic mass is 16.5. The molecule has 6 heteroatoms. The van der Waals surface area contributed by atoms with Gasteiger partial charge in [0.2, 0.25) is 5.82 Å². The first-order chi connectivity index (χ1) is 8.30. The van der Waals surface area contributed by atoms with Gasteiger partial charge in [0, 0.05) is 17.4 Å². The van der Waals surface area contributed by atoms with Crippen LogP contribution in [0.1, 0.15) is 44.1 Å². The maximum Gasteiger partial charge on any atom is 0.290 e. The first-order valence-electron chi connectivity index (χ1n) is 6.09. The summed E-state index contributed by atoms with van der Waals surface area (Å²) in [5.74, 6) is 0.671. The van der Waals surface area contributed by atoms with Crippen molar-refractivity contribution in [1.82, 2.24) is 20.5 Å². The number of nitrogens with zero attached hydrogens (tertiary/aromatic N) is 2. The van der Waals surface area contributed by atoms with E-state index in [0.717, 1.165) is 0 Å². The van der Waals surface area contributed by atoms with Gasteiger partial charge in [-0.15, -0.1) is 5.10 Å². The van der Waals surface area contributed by atoms with Gasteiger partial charge in [0.1, 0.15) is 5.82 Å². The zero-order valence-electron chi connectivity index (χ0n) is 11.3. The van der Waals surface area contributed by atoms with Crippen LogP contribution >= 0.6 is 0 Å². The Labute approximate surface area is 107 Å². The molecule has 0 atom stereocenters. The van der Waals surface area contributed by atoms with E-state index >= 15 is 0 Å². The number of ether oxygens (including phenoxy) is 1. The van der Waals surface area contributed by atoms with Crippen LogP contribution in [0, 0.1) is 5.41 Å². The van der Waals surface area contributed by atoms with E-state index < -0.39 is 0 Å². The van der Waals surface area contributed by atoms with E-state index in [4.69, 9.17) is 4.74 Å². The summed E-state index contributed by atoms with van der Waals surface area (Å²) in [4.78, 5) is 16.1. The summed E-state index contributed by atoms with van der Waals surface area (Å²) in [6.45, 7) is 10.1. The molecule has 0 unspecified atom stereocenters. The van der Waals surface area contributed by atoms with Gasteiger partial charge in [0.05, 0.1) is 13.2 Å². The molecule has 0 bridgehead atoms. The van der Waals surface area contributed by atoms with E-state index in [1.807, 2.05) is 20.8 Å². The Hall–Kier alpha value is -1.43. The van der Waals surface area contributed by atoms with Crippen molar-refractivity contribution in [2.45, 2.75) is 33.1 Å². The van der Waals surface area contributed by atoms with Crippen molar-refractivity contribution in [1.29, 1.82) is 0 Å². The summed E-state index contributed by atoms with van der Waals surface area (Å²) in [6, 6.07) is 0. The van der Waals surface area contributed by atoms with Crippen LogP contribution < -0.4 is 5.32 Å². The fourth-order valence-corrected chi connectivity index (χ4v) is 1.62. The lowest BCUT2D eigenvalue weighted by Gasteiger charge is -2.37. The van der Waals surface area contributed by atoms with E-state index in [1.165, 1.54) is 0 Å². The van der Waals surface area contributed by atoms with E-state index in [-0.39, 0.29) is 22.6 Å². The van der Waals surface area contributed by atoms with Crippen LogP contribution in [0.25, 0.3) is 0 Å². The molecule has 6 nitrogen and oxygen atoms in total. The van der Waals surface area contributed by atoms with Gasteiger partial charge >= 0.3 is 0 Å². The van der Waals surface area contributed by atoms with Crippen molar-refractivity contribution in [3.63, 3.8) is 0 Å². The average molecular weight is 252 g/mol. The standard InChI is InChI=1S/C12H20N4O2/c1-11(2,3)10-14-8(15-16-10)9(17)13-5-12(4)6-18-7-12/h5-7H2,1-4H3,(H,13,17)(H,14,15,16). The smallest absolute Gasteiger partial charge is 0.290 e. The maximum atomic E-state index is 11.9. The van der Waals surface area contributed by atoms with Crippen LogP contribution in [-0.2, 0) is 10.2 Å². The highest BCUT2D eigenvalue weighted by Gasteiger charge is 2.34. The minimum atomic E-state index is -0.241. The van der Waals surface area contributed by atoms with Crippen LogP contribution in [0.5, 0.6) is 0 Å². The van der Waals surface area contributed by atoms with Gasteiger partial charge in [-0.1, -0.05) is 27.7 Å². The number of hydrogen-bond acceptors (Lipinski definition) is 4. The highest BCUT2D eigenvalue weighted by molar-refractivity contribution is 5.90. The molecule has 0 radical (unpaired) electrons. The van der Waals surface area contributed by atoms with Crippen LogP contribution in [0.3, 0.4) is 0 Å². The number of nitrogens with one attached hydrogen (secondary N) is 2. The number of H-pyrrole nitrogens is 1. The number of amides is 1. The second-order valence-corrected chi connectivity index (χ2v) is 6.24. The van der Waals surface area contributed by atoms with E-state index in [1.54, 1.807) is 0 Å². The van der Waals surface area contributed by atoms with Crippen molar-refractivity contribution < 1.29 is 9.53 Å². The summed E-state index contributed by atoms with van der Waals surface area (Å²) in [7, 11) is 0. The van der Waals surface area contributed by atoms with Gasteiger partial charge in [0.15, 0.2) is 0 Å². The molecular formula is C12H20N4O2. The topological polar surface area (TPSA) is 79.9 Å². The minimum Gasteiger partial charge on any atom is -0.380 e. The monoisotopic (exact) mass is 252 g/mol. The highest BCUT2D eigenvalue weighted by Crippen LogP contribution is 2.25. The molecule has 0 aliphatic carbocycles. The SMILES string of the molecule is CC1(CNC(=O)c2n[nH]c(C(C)(C)C)n2)COC1. The lowest BCUT2D eigenvalue weighted by molar-refractivity contribution is -0.0978. The molecule has 100 valence electrons. The van der Waals surface area contributed by atoms with Crippen LogP contribution in [0.4, 0.5) is 0 Å². The average Bonchev–Trinajstić information content (AvgIpc) is 2.72. The van der Waals surface area contributed by atoms with E-state index in [2.05, 4.69) is 27.4 Å². The Bertz CT molecular complexity index is 443. The molecule has 0 saturated carbocycles. The number of carbonyl (C=O) groups excluding carboxylic acids is 1. The quantitative estimate of drug-likeness (QED) is 0.836. The molecule has 1 aromatic rings. The molecule has 1 amide bonds. The largest absolute Gasteiger partial charge is 0.380 e. The lowest BCUT2D eigenvalue weighted by atomic mass is 9.89. The molecule has 0 aromatic carbocycles. The molecule has 2 rings (SSSR count). The molecule has 1 saturated heterocycles. The van der Waals surface area contributed by atoms with Crippen molar-refractivity contribution in [2.75, 3.05) is 19.8 Å². The molecule has 0 spiro atoms. The van der Waals surface area contributed by atoms with Crippen LogP contribution in [-0.4, -0.2) is 40.8 Å². The van der Waals surface area contributed by atoms with E-state index in [0.29, 0.717) is 25.6 Å². The number of hydrogen-bond donors (Lipinski definition) is 2. The predicted octanol–water partition coefficient (Wildman–Crippen LogP) is 0.868. The normalized spacial score (nSPS) is 18.2. The molecule has 1 aliphatic heterocycles. The summed E-state index contributed by atoms with van der Waals surface area (Å²) < 4.78 is 5.14. The van der Waals surface area contributed by atoms with Crippen molar-refractivity contribution in [2.24, 2.45) is 5.41 Å². The number of aromatic nitrogens is 3. The lowest BCUT2D eigenvalue weighted by Crippen LogP contribution is -2.48. The molecule has 1 fully saturated rings. The van der Waals surface area contributed by atoms with Crippen LogP contribution in [0.15, 0.2) is 0 Å². The van der Waals surface area contributed by atoms with Crippen molar-refractivity contribution >= 4 is 5.91 Å². The third-order valence-corrected chi connectivity index (χ3v) is 2.98. The van der Waals surface area contributed by atoms with Crippen molar-refractivity contribution in [3.05, 3.63) is 11.6 Å². The molecular weight excluding hydrogens is 232 g/mol. The van der Waals surface area contributed by atoms with Gasteiger partial charge in [0.25, 0.3) is 5.91 Å². The van der Waals surface area contributed by atoms with Gasteiger partial charge in [-0.2, -0.15) is 0 Å². The molecule has 2 N–H and O–H groups in total. The maximum absolute atomic E-state index is 11.9. The number of aromatic amines is 1. The third-order valence-electron chi connectivity index (χ3n) is 2.98. The fourth-order valence-electron chi connectivity index (χ4n) is 1.62. The Morgan fingerprint density at radius 1 is 1.50 bits per heavy atom. The first-order valence-corrected chi connectivity index (χ1v) is 6.09. The van der Waals surface area contributed by atoms with E-state index in [9.17, 15) is 4.79 Å². The van der Waals surface area contributed by atoms with Gasteiger partial charge in [-0.3, -0.25) is 9.89 Å². The van der Waals surface area contributed by atoms with Gasteiger partial charge in [-0.25, -0.2) is 4.98 Å². The Morgan fingerprint density at radius 2 is 2.17 bits per heavy atom. The van der Waals surface area contributed by atoms with Crippen molar-refractivity contribution in [3.8, 4) is 0 Å². The Kier molecular flexibility index (Phi) is 3.14. The van der Waals surface area contributed by atoms with Gasteiger partial charge in [-0.05, 0) is 0 Å². The summed E-state index contributed by atoms with van der Waals surface area (Å²) in [5.41, 5.74) is -0.0852. The van der Waals surface area contributed by atoms with Crippen LogP contribution in [0.2, 0.25) is 0 Å². The molecule has 18 heavy (non-hydrogen) atoms. The van der Waals surface area contributed by atoms with Gasteiger partial charge < -0.3 is 10.1 Å². The number of carbonyl (C=O) groups is 1. The Balaban J connectivity index is 1.95. The first kappa shape index (κ1) is 13.0. The fraction of sp³-hybridized carbons (Fsp3) is 0.750. The summed E-state index contributed by atoms with van der Waals surface area (Å²) in [6.07, 6.45) is 0. The zero-order chi connectivity index (χ0) is 13.4. The zero-order valence-corrected chi connectivity index (χ0v) is 11.3. The Morgan fingerprint density at radius 3 is 2.61 bits per heavy atom. The number of rotatable bonds is 3. The minimum absolute atomic E-state index is 0.0544. The third kappa shape index (κ3) is 2.69. The second kappa shape index (κ2) is 4.35. The summed E-state index contributed by atoms with van der Waals surface area (Å²) in [5, 5.41) is 9.60. The molecule has 1 aromatic heterocycles. The molecule has 1 aliphatic rings. The molecule has 2 heterocycles.